The molecule has 2 aromatic rings. The maximum absolute atomic E-state index is 12.0. The number of nitrogens with one attached hydrogen (secondary N) is 2. The molecule has 0 fully saturated rings. The SMILES string of the molecule is N#Cc1ccc(Nc2cccc(C(=O)NCCCO)c2)cc1. The Hall–Kier alpha value is -2.84. The molecule has 0 bridgehead atoms. The topological polar surface area (TPSA) is 85.2 Å². The third-order valence-electron chi connectivity index (χ3n) is 3.05. The Morgan fingerprint density at radius 1 is 1.14 bits per heavy atom. The first kappa shape index (κ1) is 15.5. The third kappa shape index (κ3) is 4.33. The van der Waals surface area contributed by atoms with E-state index in [2.05, 4.69) is 16.7 Å². The van der Waals surface area contributed by atoms with Crippen molar-refractivity contribution in [2.75, 3.05) is 18.5 Å². The smallest absolute Gasteiger partial charge is 0.251 e. The van der Waals surface area contributed by atoms with Gasteiger partial charge in [-0.15, -0.1) is 0 Å². The van der Waals surface area contributed by atoms with Gasteiger partial charge in [-0.2, -0.15) is 5.26 Å². The molecule has 0 aromatic heterocycles. The first-order valence-electron chi connectivity index (χ1n) is 6.99. The summed E-state index contributed by atoms with van der Waals surface area (Å²) in [6.07, 6.45) is 0.537. The Morgan fingerprint density at radius 2 is 1.91 bits per heavy atom. The lowest BCUT2D eigenvalue weighted by molar-refractivity contribution is 0.0951. The van der Waals surface area contributed by atoms with E-state index < -0.39 is 0 Å². The molecule has 0 aliphatic heterocycles. The van der Waals surface area contributed by atoms with Gasteiger partial charge in [-0.25, -0.2) is 0 Å². The van der Waals surface area contributed by atoms with E-state index in [4.69, 9.17) is 10.4 Å². The molecule has 0 spiro atoms. The van der Waals surface area contributed by atoms with E-state index in [1.54, 1.807) is 30.3 Å². The van der Waals surface area contributed by atoms with Crippen LogP contribution in [0.1, 0.15) is 22.3 Å². The van der Waals surface area contributed by atoms with Crippen molar-refractivity contribution in [2.24, 2.45) is 0 Å². The Bertz CT molecular complexity index is 675. The largest absolute Gasteiger partial charge is 0.396 e. The Kier molecular flexibility index (Phi) is 5.52. The van der Waals surface area contributed by atoms with Crippen LogP contribution in [0.5, 0.6) is 0 Å². The van der Waals surface area contributed by atoms with Crippen molar-refractivity contribution in [1.29, 1.82) is 5.26 Å². The highest BCUT2D eigenvalue weighted by molar-refractivity contribution is 5.95. The number of anilines is 2. The minimum absolute atomic E-state index is 0.0561. The van der Waals surface area contributed by atoms with Gasteiger partial charge in [0, 0.05) is 30.1 Å². The van der Waals surface area contributed by atoms with Gasteiger partial charge in [0.1, 0.15) is 0 Å². The molecule has 0 heterocycles. The summed E-state index contributed by atoms with van der Waals surface area (Å²) >= 11 is 0. The van der Waals surface area contributed by atoms with Crippen LogP contribution in [0.4, 0.5) is 11.4 Å². The molecule has 2 rings (SSSR count). The first-order chi connectivity index (χ1) is 10.7. The lowest BCUT2D eigenvalue weighted by atomic mass is 10.1. The number of hydrogen-bond donors (Lipinski definition) is 3. The summed E-state index contributed by atoms with van der Waals surface area (Å²) in [6, 6.07) is 16.3. The van der Waals surface area contributed by atoms with Gasteiger partial charge in [-0.3, -0.25) is 4.79 Å². The molecule has 22 heavy (non-hydrogen) atoms. The summed E-state index contributed by atoms with van der Waals surface area (Å²) in [7, 11) is 0. The molecule has 3 N–H and O–H groups in total. The lowest BCUT2D eigenvalue weighted by Crippen LogP contribution is -2.24. The number of carbonyl (C=O) groups excluding carboxylic acids is 1. The van der Waals surface area contributed by atoms with Gasteiger partial charge < -0.3 is 15.7 Å². The minimum atomic E-state index is -0.170. The van der Waals surface area contributed by atoms with Crippen LogP contribution in [0.25, 0.3) is 0 Å². The standard InChI is InChI=1S/C17H17N3O2/c18-12-13-5-7-15(8-6-13)20-16-4-1-3-14(11-16)17(22)19-9-2-10-21/h1,3-8,11,20-21H,2,9-10H2,(H,19,22). The van der Waals surface area contributed by atoms with E-state index in [-0.39, 0.29) is 12.5 Å². The molecule has 112 valence electrons. The van der Waals surface area contributed by atoms with E-state index in [0.29, 0.717) is 24.1 Å². The number of rotatable bonds is 6. The highest BCUT2D eigenvalue weighted by Crippen LogP contribution is 2.18. The van der Waals surface area contributed by atoms with Crippen LogP contribution in [0, 0.1) is 11.3 Å². The summed E-state index contributed by atoms with van der Waals surface area (Å²) in [4.78, 5) is 12.0. The molecule has 0 saturated carbocycles. The van der Waals surface area contributed by atoms with Crippen LogP contribution >= 0.6 is 0 Å². The number of hydrogen-bond acceptors (Lipinski definition) is 4. The Morgan fingerprint density at radius 3 is 2.59 bits per heavy atom. The fourth-order valence-electron chi connectivity index (χ4n) is 1.92. The van der Waals surface area contributed by atoms with Crippen molar-refractivity contribution in [1.82, 2.24) is 5.32 Å². The fraction of sp³-hybridized carbons (Fsp3) is 0.176. The van der Waals surface area contributed by atoms with E-state index in [1.165, 1.54) is 0 Å². The van der Waals surface area contributed by atoms with E-state index in [1.807, 2.05) is 18.2 Å². The lowest BCUT2D eigenvalue weighted by Gasteiger charge is -2.09. The highest BCUT2D eigenvalue weighted by Gasteiger charge is 2.05. The maximum atomic E-state index is 12.0. The molecular weight excluding hydrogens is 278 g/mol. The number of carbonyl (C=O) groups is 1. The Balaban J connectivity index is 2.04. The molecule has 0 aliphatic rings. The van der Waals surface area contributed by atoms with Crippen LogP contribution in [0.2, 0.25) is 0 Å². The average Bonchev–Trinajstić information content (AvgIpc) is 2.56. The second-order valence-electron chi connectivity index (χ2n) is 4.73. The predicted molar refractivity (Wildman–Crippen MR) is 84.9 cm³/mol. The summed E-state index contributed by atoms with van der Waals surface area (Å²) < 4.78 is 0. The van der Waals surface area contributed by atoms with Crippen LogP contribution in [-0.2, 0) is 0 Å². The molecule has 0 aliphatic carbocycles. The van der Waals surface area contributed by atoms with Crippen molar-refractivity contribution in [2.45, 2.75) is 6.42 Å². The molecule has 1 amide bonds. The minimum Gasteiger partial charge on any atom is -0.396 e. The van der Waals surface area contributed by atoms with Gasteiger partial charge in [0.25, 0.3) is 5.91 Å². The molecule has 0 unspecified atom stereocenters. The summed E-state index contributed by atoms with van der Waals surface area (Å²) in [5.41, 5.74) is 2.79. The van der Waals surface area contributed by atoms with Crippen molar-refractivity contribution < 1.29 is 9.90 Å². The zero-order chi connectivity index (χ0) is 15.8. The quantitative estimate of drug-likeness (QED) is 0.714. The zero-order valence-electron chi connectivity index (χ0n) is 12.0. The average molecular weight is 295 g/mol. The summed E-state index contributed by atoms with van der Waals surface area (Å²) in [5, 5.41) is 23.4. The molecule has 0 radical (unpaired) electrons. The van der Waals surface area contributed by atoms with E-state index >= 15 is 0 Å². The van der Waals surface area contributed by atoms with Crippen LogP contribution in [0.15, 0.2) is 48.5 Å². The van der Waals surface area contributed by atoms with Gasteiger partial charge in [-0.05, 0) is 48.9 Å². The molecule has 5 heteroatoms. The molecule has 2 aromatic carbocycles. The molecule has 0 saturated heterocycles. The van der Waals surface area contributed by atoms with Gasteiger partial charge in [0.2, 0.25) is 0 Å². The van der Waals surface area contributed by atoms with E-state index in [9.17, 15) is 4.79 Å². The summed E-state index contributed by atoms with van der Waals surface area (Å²) in [6.45, 7) is 0.503. The third-order valence-corrected chi connectivity index (χ3v) is 3.05. The van der Waals surface area contributed by atoms with Gasteiger partial charge in [-0.1, -0.05) is 6.07 Å². The molecule has 0 atom stereocenters. The summed E-state index contributed by atoms with van der Waals surface area (Å²) in [5.74, 6) is -0.170. The number of amides is 1. The monoisotopic (exact) mass is 295 g/mol. The maximum Gasteiger partial charge on any atom is 0.251 e. The van der Waals surface area contributed by atoms with Crippen molar-refractivity contribution in [3.63, 3.8) is 0 Å². The second kappa shape index (κ2) is 7.81. The van der Waals surface area contributed by atoms with Crippen LogP contribution < -0.4 is 10.6 Å². The van der Waals surface area contributed by atoms with Crippen molar-refractivity contribution >= 4 is 17.3 Å². The first-order valence-corrected chi connectivity index (χ1v) is 6.99. The number of aliphatic hydroxyl groups excluding tert-OH is 1. The predicted octanol–water partition coefficient (Wildman–Crippen LogP) is 2.41. The zero-order valence-corrected chi connectivity index (χ0v) is 12.0. The van der Waals surface area contributed by atoms with Crippen LogP contribution in [-0.4, -0.2) is 24.2 Å². The van der Waals surface area contributed by atoms with Gasteiger partial charge in [0.15, 0.2) is 0 Å². The molecule has 5 nitrogen and oxygen atoms in total. The number of benzene rings is 2. The fourth-order valence-corrected chi connectivity index (χ4v) is 1.92. The number of nitrogens with zero attached hydrogens (tertiary/aromatic N) is 1. The molecular formula is C17H17N3O2. The normalized spacial score (nSPS) is 9.82. The van der Waals surface area contributed by atoms with Crippen LogP contribution in [0.3, 0.4) is 0 Å². The van der Waals surface area contributed by atoms with E-state index in [0.717, 1.165) is 11.4 Å². The number of nitriles is 1. The van der Waals surface area contributed by atoms with Gasteiger partial charge >= 0.3 is 0 Å². The van der Waals surface area contributed by atoms with Gasteiger partial charge in [0.05, 0.1) is 11.6 Å². The second-order valence-corrected chi connectivity index (χ2v) is 4.73. The highest BCUT2D eigenvalue weighted by atomic mass is 16.3. The Labute approximate surface area is 129 Å². The number of aliphatic hydroxyl groups is 1. The van der Waals surface area contributed by atoms with Crippen molar-refractivity contribution in [3.8, 4) is 6.07 Å². The van der Waals surface area contributed by atoms with Crippen molar-refractivity contribution in [3.05, 3.63) is 59.7 Å².